The molecule has 3 atom stereocenters. The van der Waals surface area contributed by atoms with Crippen LogP contribution in [-0.2, 0) is 14.3 Å². The van der Waals surface area contributed by atoms with Gasteiger partial charge in [0.2, 0.25) is 5.91 Å². The quantitative estimate of drug-likeness (QED) is 0.747. The third-order valence-electron chi connectivity index (χ3n) is 3.80. The molecule has 5 nitrogen and oxygen atoms in total. The van der Waals surface area contributed by atoms with Gasteiger partial charge in [0.1, 0.15) is 0 Å². The summed E-state index contributed by atoms with van der Waals surface area (Å²) in [6, 6.07) is -0.424. The summed E-state index contributed by atoms with van der Waals surface area (Å²) in [7, 11) is 1.74. The van der Waals surface area contributed by atoms with E-state index in [1.54, 1.807) is 14.0 Å². The molecule has 17 heavy (non-hydrogen) atoms. The van der Waals surface area contributed by atoms with E-state index >= 15 is 0 Å². The summed E-state index contributed by atoms with van der Waals surface area (Å²) in [4.78, 5) is 13.7. The number of ether oxygens (including phenoxy) is 2. The molecule has 2 saturated heterocycles. The molecular weight excluding hydrogens is 220 g/mol. The predicted molar refractivity (Wildman–Crippen MR) is 63.6 cm³/mol. The van der Waals surface area contributed by atoms with E-state index in [9.17, 15) is 4.79 Å². The molecule has 2 heterocycles. The number of methoxy groups -OCH3 is 1. The number of hydrogen-bond donors (Lipinski definition) is 1. The zero-order valence-corrected chi connectivity index (χ0v) is 10.6. The average molecular weight is 242 g/mol. The highest BCUT2D eigenvalue weighted by Crippen LogP contribution is 2.35. The highest BCUT2D eigenvalue weighted by molar-refractivity contribution is 5.81. The first kappa shape index (κ1) is 12.8. The zero-order chi connectivity index (χ0) is 12.5. The molecule has 1 amide bonds. The van der Waals surface area contributed by atoms with Crippen molar-refractivity contribution in [2.24, 2.45) is 5.73 Å². The molecule has 2 fully saturated rings. The second-order valence-electron chi connectivity index (χ2n) is 5.18. The molecule has 0 aromatic heterocycles. The van der Waals surface area contributed by atoms with Gasteiger partial charge >= 0.3 is 0 Å². The monoisotopic (exact) mass is 242 g/mol. The topological polar surface area (TPSA) is 64.8 Å². The van der Waals surface area contributed by atoms with E-state index < -0.39 is 6.04 Å². The van der Waals surface area contributed by atoms with Crippen LogP contribution in [0.4, 0.5) is 0 Å². The Morgan fingerprint density at radius 3 is 3.06 bits per heavy atom. The lowest BCUT2D eigenvalue weighted by Crippen LogP contribution is -2.47. The second-order valence-corrected chi connectivity index (χ2v) is 5.18. The van der Waals surface area contributed by atoms with Crippen LogP contribution >= 0.6 is 0 Å². The van der Waals surface area contributed by atoms with Crippen molar-refractivity contribution in [1.29, 1.82) is 0 Å². The fourth-order valence-corrected chi connectivity index (χ4v) is 2.79. The van der Waals surface area contributed by atoms with Gasteiger partial charge in [-0.15, -0.1) is 0 Å². The third kappa shape index (κ3) is 2.61. The third-order valence-corrected chi connectivity index (χ3v) is 3.80. The fourth-order valence-electron chi connectivity index (χ4n) is 2.79. The van der Waals surface area contributed by atoms with Gasteiger partial charge in [-0.1, -0.05) is 0 Å². The molecule has 98 valence electrons. The number of carbonyl (C=O) groups is 1. The van der Waals surface area contributed by atoms with E-state index in [0.29, 0.717) is 6.54 Å². The van der Waals surface area contributed by atoms with Gasteiger partial charge in [0, 0.05) is 33.2 Å². The van der Waals surface area contributed by atoms with Crippen molar-refractivity contribution in [1.82, 2.24) is 4.90 Å². The number of hydrogen-bond acceptors (Lipinski definition) is 4. The average Bonchev–Trinajstić information content (AvgIpc) is 2.71. The molecule has 2 rings (SSSR count). The molecule has 0 saturated carbocycles. The van der Waals surface area contributed by atoms with E-state index in [-0.39, 0.29) is 17.6 Å². The Morgan fingerprint density at radius 1 is 1.65 bits per heavy atom. The lowest BCUT2D eigenvalue weighted by atomic mass is 9.91. The predicted octanol–water partition coefficient (Wildman–Crippen LogP) is 0.130. The molecule has 2 N–H and O–H groups in total. The second kappa shape index (κ2) is 4.92. The number of nitrogens with zero attached hydrogens (tertiary/aromatic N) is 1. The summed E-state index contributed by atoms with van der Waals surface area (Å²) >= 11 is 0. The zero-order valence-electron chi connectivity index (χ0n) is 10.6. The van der Waals surface area contributed by atoms with Gasteiger partial charge in [-0.3, -0.25) is 4.79 Å². The van der Waals surface area contributed by atoms with Crippen LogP contribution in [0.25, 0.3) is 0 Å². The standard InChI is InChI=1S/C12H22N2O3/c1-9(13)11(15)14-5-4-12(8-14)7-10(16-2)3-6-17-12/h9-10H,3-8,13H2,1-2H3/t9-,10-,12-/m1/s1. The van der Waals surface area contributed by atoms with Crippen molar-refractivity contribution in [2.45, 2.75) is 43.9 Å². The minimum Gasteiger partial charge on any atom is -0.381 e. The maximum Gasteiger partial charge on any atom is 0.239 e. The number of nitrogens with two attached hydrogens (primary N) is 1. The van der Waals surface area contributed by atoms with E-state index in [1.807, 2.05) is 4.90 Å². The van der Waals surface area contributed by atoms with Gasteiger partial charge in [0.15, 0.2) is 0 Å². The van der Waals surface area contributed by atoms with Crippen LogP contribution in [-0.4, -0.2) is 55.4 Å². The highest BCUT2D eigenvalue weighted by atomic mass is 16.5. The number of likely N-dealkylation sites (tertiary alicyclic amines) is 1. The Hall–Kier alpha value is -0.650. The molecule has 0 radical (unpaired) electrons. The normalized spacial score (nSPS) is 35.2. The SMILES string of the molecule is CO[C@@H]1CCO[C@]2(CCN(C(=O)[C@@H](C)N)C2)C1. The lowest BCUT2D eigenvalue weighted by Gasteiger charge is -2.37. The van der Waals surface area contributed by atoms with Crippen molar-refractivity contribution in [2.75, 3.05) is 26.8 Å². The molecule has 1 spiro atoms. The lowest BCUT2D eigenvalue weighted by molar-refractivity contribution is -0.138. The smallest absolute Gasteiger partial charge is 0.239 e. The molecule has 0 aromatic carbocycles. The van der Waals surface area contributed by atoms with Crippen molar-refractivity contribution in [3.05, 3.63) is 0 Å². The fraction of sp³-hybridized carbons (Fsp3) is 0.917. The molecule has 0 aromatic rings. The van der Waals surface area contributed by atoms with E-state index in [1.165, 1.54) is 0 Å². The summed E-state index contributed by atoms with van der Waals surface area (Å²) in [6.45, 7) is 3.86. The van der Waals surface area contributed by atoms with Gasteiger partial charge in [0.25, 0.3) is 0 Å². The van der Waals surface area contributed by atoms with Crippen molar-refractivity contribution >= 4 is 5.91 Å². The molecule has 0 bridgehead atoms. The Labute approximate surface area is 102 Å². The summed E-state index contributed by atoms with van der Waals surface area (Å²) in [5.74, 6) is 0.0185. The molecule has 2 aliphatic heterocycles. The van der Waals surface area contributed by atoms with E-state index in [2.05, 4.69) is 0 Å². The Kier molecular flexibility index (Phi) is 3.70. The highest BCUT2D eigenvalue weighted by Gasteiger charge is 2.44. The molecular formula is C12H22N2O3. The van der Waals surface area contributed by atoms with Crippen LogP contribution in [0, 0.1) is 0 Å². The maximum atomic E-state index is 11.8. The van der Waals surface area contributed by atoms with Gasteiger partial charge < -0.3 is 20.1 Å². The molecule has 2 aliphatic rings. The first-order chi connectivity index (χ1) is 8.06. The maximum absolute atomic E-state index is 11.8. The number of amides is 1. The first-order valence-electron chi connectivity index (χ1n) is 6.27. The summed E-state index contributed by atoms with van der Waals surface area (Å²) in [6.07, 6.45) is 2.98. The van der Waals surface area contributed by atoms with Crippen LogP contribution in [0.5, 0.6) is 0 Å². The van der Waals surface area contributed by atoms with Crippen LogP contribution in [0.1, 0.15) is 26.2 Å². The minimum atomic E-state index is -0.424. The van der Waals surface area contributed by atoms with Crippen molar-refractivity contribution < 1.29 is 14.3 Å². The number of carbonyl (C=O) groups excluding carboxylic acids is 1. The van der Waals surface area contributed by atoms with Crippen LogP contribution in [0.3, 0.4) is 0 Å². The van der Waals surface area contributed by atoms with E-state index in [4.69, 9.17) is 15.2 Å². The van der Waals surface area contributed by atoms with Gasteiger partial charge in [0.05, 0.1) is 17.7 Å². The van der Waals surface area contributed by atoms with Crippen molar-refractivity contribution in [3.8, 4) is 0 Å². The largest absolute Gasteiger partial charge is 0.381 e. The van der Waals surface area contributed by atoms with Gasteiger partial charge in [-0.2, -0.15) is 0 Å². The first-order valence-corrected chi connectivity index (χ1v) is 6.27. The van der Waals surface area contributed by atoms with Crippen molar-refractivity contribution in [3.63, 3.8) is 0 Å². The van der Waals surface area contributed by atoms with Crippen LogP contribution in [0.2, 0.25) is 0 Å². The Bertz CT molecular complexity index is 295. The van der Waals surface area contributed by atoms with Gasteiger partial charge in [-0.05, 0) is 19.8 Å². The molecule has 0 aliphatic carbocycles. The molecule has 0 unspecified atom stereocenters. The van der Waals surface area contributed by atoms with Crippen LogP contribution in [0.15, 0.2) is 0 Å². The molecule has 5 heteroatoms. The van der Waals surface area contributed by atoms with Gasteiger partial charge in [-0.25, -0.2) is 0 Å². The number of rotatable bonds is 2. The Balaban J connectivity index is 1.98. The summed E-state index contributed by atoms with van der Waals surface area (Å²) < 4.78 is 11.3. The Morgan fingerprint density at radius 2 is 2.41 bits per heavy atom. The summed E-state index contributed by atoms with van der Waals surface area (Å²) in [5.41, 5.74) is 5.44. The minimum absolute atomic E-state index is 0.0185. The van der Waals surface area contributed by atoms with Crippen LogP contribution < -0.4 is 5.73 Å². The summed E-state index contributed by atoms with van der Waals surface area (Å²) in [5, 5.41) is 0. The van der Waals surface area contributed by atoms with E-state index in [0.717, 1.165) is 32.4 Å².